The van der Waals surface area contributed by atoms with E-state index in [9.17, 15) is 8.42 Å². The Hall–Kier alpha value is -1.31. The predicted octanol–water partition coefficient (Wildman–Crippen LogP) is 2.55. The molecule has 7 heteroatoms. The summed E-state index contributed by atoms with van der Waals surface area (Å²) in [5.74, 6) is 1.53. The van der Waals surface area contributed by atoms with E-state index >= 15 is 0 Å². The molecular formula is C18H29N3O3S. The van der Waals surface area contributed by atoms with E-state index in [1.165, 1.54) is 12.8 Å². The van der Waals surface area contributed by atoms with E-state index in [1.807, 2.05) is 0 Å². The first-order valence-electron chi connectivity index (χ1n) is 9.14. The van der Waals surface area contributed by atoms with Crippen molar-refractivity contribution in [3.05, 3.63) is 24.3 Å². The molecule has 2 heterocycles. The van der Waals surface area contributed by atoms with Crippen molar-refractivity contribution >= 4 is 15.9 Å². The fraction of sp³-hybridized carbons (Fsp3) is 0.667. The monoisotopic (exact) mass is 367 g/mol. The highest BCUT2D eigenvalue weighted by atomic mass is 32.2. The van der Waals surface area contributed by atoms with E-state index in [-0.39, 0.29) is 0 Å². The number of rotatable bonds is 5. The van der Waals surface area contributed by atoms with Gasteiger partial charge in [-0.2, -0.15) is 12.7 Å². The van der Waals surface area contributed by atoms with Gasteiger partial charge in [0.1, 0.15) is 5.75 Å². The molecule has 1 aromatic rings. The Kier molecular flexibility index (Phi) is 5.86. The van der Waals surface area contributed by atoms with E-state index in [0.29, 0.717) is 30.6 Å². The molecule has 0 unspecified atom stereocenters. The Morgan fingerprint density at radius 2 is 1.60 bits per heavy atom. The second-order valence-electron chi connectivity index (χ2n) is 7.18. The zero-order chi connectivity index (χ0) is 17.9. The Balaban J connectivity index is 1.53. The third-order valence-corrected chi connectivity index (χ3v) is 6.97. The smallest absolute Gasteiger partial charge is 0.301 e. The maximum Gasteiger partial charge on any atom is 0.301 e. The predicted molar refractivity (Wildman–Crippen MR) is 100 cm³/mol. The first kappa shape index (κ1) is 18.5. The molecule has 3 rings (SSSR count). The maximum absolute atomic E-state index is 12.6. The highest BCUT2D eigenvalue weighted by Crippen LogP contribution is 2.25. The number of hydrogen-bond acceptors (Lipinski definition) is 4. The van der Waals surface area contributed by atoms with Crippen LogP contribution in [-0.2, 0) is 10.2 Å². The number of nitrogens with one attached hydrogen (secondary N) is 1. The van der Waals surface area contributed by atoms with Gasteiger partial charge in [0.2, 0.25) is 0 Å². The quantitative estimate of drug-likeness (QED) is 0.869. The number of hydrogen-bond donors (Lipinski definition) is 1. The van der Waals surface area contributed by atoms with Crippen LogP contribution in [0.4, 0.5) is 5.69 Å². The molecule has 140 valence electrons. The van der Waals surface area contributed by atoms with Crippen molar-refractivity contribution in [2.24, 2.45) is 5.92 Å². The van der Waals surface area contributed by atoms with Crippen molar-refractivity contribution in [1.29, 1.82) is 0 Å². The van der Waals surface area contributed by atoms with Gasteiger partial charge in [0.25, 0.3) is 0 Å². The second kappa shape index (κ2) is 7.93. The summed E-state index contributed by atoms with van der Waals surface area (Å²) in [6.45, 7) is 5.80. The van der Waals surface area contributed by atoms with Crippen LogP contribution in [0.3, 0.4) is 0 Å². The number of anilines is 1. The first-order chi connectivity index (χ1) is 12.0. The summed E-state index contributed by atoms with van der Waals surface area (Å²) in [6, 6.07) is 7.47. The van der Waals surface area contributed by atoms with Gasteiger partial charge in [-0.15, -0.1) is 0 Å². The lowest BCUT2D eigenvalue weighted by Gasteiger charge is -2.40. The molecule has 0 aliphatic carbocycles. The van der Waals surface area contributed by atoms with E-state index < -0.39 is 10.2 Å². The Labute approximate surface area is 151 Å². The van der Waals surface area contributed by atoms with Crippen LogP contribution in [0.2, 0.25) is 0 Å². The molecule has 0 spiro atoms. The first-order valence-corrected chi connectivity index (χ1v) is 10.6. The minimum atomic E-state index is -3.49. The molecule has 2 fully saturated rings. The third-order valence-electron chi connectivity index (χ3n) is 5.43. The van der Waals surface area contributed by atoms with Crippen molar-refractivity contribution in [2.45, 2.75) is 38.6 Å². The molecule has 0 bridgehead atoms. The lowest BCUT2D eigenvalue weighted by molar-refractivity contribution is 0.101. The normalized spacial score (nSPS) is 22.0. The third kappa shape index (κ3) is 4.65. The summed E-state index contributed by atoms with van der Waals surface area (Å²) in [6.07, 6.45) is 4.35. The lowest BCUT2D eigenvalue weighted by Crippen LogP contribution is -2.49. The van der Waals surface area contributed by atoms with Crippen LogP contribution in [0, 0.1) is 5.92 Å². The molecule has 0 saturated carbocycles. The molecule has 2 aliphatic rings. The van der Waals surface area contributed by atoms with Crippen LogP contribution < -0.4 is 9.46 Å². The zero-order valence-corrected chi connectivity index (χ0v) is 16.0. The van der Waals surface area contributed by atoms with Crippen molar-refractivity contribution < 1.29 is 13.2 Å². The molecule has 0 aromatic heterocycles. The van der Waals surface area contributed by atoms with Gasteiger partial charge in [-0.3, -0.25) is 4.72 Å². The highest BCUT2D eigenvalue weighted by Gasteiger charge is 2.31. The highest BCUT2D eigenvalue weighted by molar-refractivity contribution is 7.90. The van der Waals surface area contributed by atoms with Gasteiger partial charge >= 0.3 is 10.2 Å². The molecule has 0 atom stereocenters. The van der Waals surface area contributed by atoms with E-state index in [0.717, 1.165) is 31.8 Å². The van der Waals surface area contributed by atoms with Crippen molar-refractivity contribution in [3.8, 4) is 5.75 Å². The maximum atomic E-state index is 12.6. The molecular weight excluding hydrogens is 338 g/mol. The van der Waals surface area contributed by atoms with Crippen molar-refractivity contribution in [1.82, 2.24) is 9.21 Å². The Bertz CT molecular complexity index is 647. The van der Waals surface area contributed by atoms with Gasteiger partial charge in [0.05, 0.1) is 12.8 Å². The van der Waals surface area contributed by atoms with Gasteiger partial charge in [-0.1, -0.05) is 6.92 Å². The largest absolute Gasteiger partial charge is 0.497 e. The van der Waals surface area contributed by atoms with Gasteiger partial charge in [-0.25, -0.2) is 0 Å². The molecule has 6 nitrogen and oxygen atoms in total. The SMILES string of the molecule is COc1ccc(NS(=O)(=O)N2CCC(N3CCC(C)CC3)CC2)cc1. The molecule has 0 amide bonds. The summed E-state index contributed by atoms with van der Waals surface area (Å²) >= 11 is 0. The summed E-state index contributed by atoms with van der Waals surface area (Å²) in [4.78, 5) is 2.56. The topological polar surface area (TPSA) is 61.9 Å². The molecule has 2 saturated heterocycles. The number of ether oxygens (including phenoxy) is 1. The summed E-state index contributed by atoms with van der Waals surface area (Å²) in [5, 5.41) is 0. The standard InChI is InChI=1S/C18H29N3O3S/c1-15-7-11-20(12-8-15)17-9-13-21(14-10-17)25(22,23)19-16-3-5-18(24-2)6-4-16/h3-6,15,17,19H,7-14H2,1-2H3. The lowest BCUT2D eigenvalue weighted by atomic mass is 9.95. The van der Waals surface area contributed by atoms with E-state index in [1.54, 1.807) is 35.7 Å². The van der Waals surface area contributed by atoms with Crippen molar-refractivity contribution in [3.63, 3.8) is 0 Å². The minimum Gasteiger partial charge on any atom is -0.497 e. The number of likely N-dealkylation sites (tertiary alicyclic amines) is 1. The van der Waals surface area contributed by atoms with Crippen LogP contribution in [0.15, 0.2) is 24.3 Å². The molecule has 25 heavy (non-hydrogen) atoms. The van der Waals surface area contributed by atoms with Crippen LogP contribution in [-0.4, -0.2) is 57.0 Å². The fourth-order valence-electron chi connectivity index (χ4n) is 3.71. The molecule has 1 N–H and O–H groups in total. The molecule has 2 aliphatic heterocycles. The average molecular weight is 368 g/mol. The van der Waals surface area contributed by atoms with Gasteiger partial charge in [0.15, 0.2) is 0 Å². The van der Waals surface area contributed by atoms with Crippen LogP contribution >= 0.6 is 0 Å². The number of piperidine rings is 2. The second-order valence-corrected chi connectivity index (χ2v) is 8.85. The molecule has 1 aromatic carbocycles. The Morgan fingerprint density at radius 1 is 1.00 bits per heavy atom. The molecule has 0 radical (unpaired) electrons. The fourth-order valence-corrected chi connectivity index (χ4v) is 4.97. The summed E-state index contributed by atoms with van der Waals surface area (Å²) < 4.78 is 34.5. The summed E-state index contributed by atoms with van der Waals surface area (Å²) in [5.41, 5.74) is 0.563. The minimum absolute atomic E-state index is 0.528. The van der Waals surface area contributed by atoms with Gasteiger partial charge in [0, 0.05) is 19.1 Å². The Morgan fingerprint density at radius 3 is 2.16 bits per heavy atom. The zero-order valence-electron chi connectivity index (χ0n) is 15.1. The van der Waals surface area contributed by atoms with Crippen molar-refractivity contribution in [2.75, 3.05) is 38.0 Å². The number of benzene rings is 1. The van der Waals surface area contributed by atoms with E-state index in [2.05, 4.69) is 16.5 Å². The van der Waals surface area contributed by atoms with Crippen LogP contribution in [0.5, 0.6) is 5.75 Å². The summed E-state index contributed by atoms with van der Waals surface area (Å²) in [7, 11) is -1.91. The van der Waals surface area contributed by atoms with Gasteiger partial charge < -0.3 is 9.64 Å². The van der Waals surface area contributed by atoms with Crippen LogP contribution in [0.1, 0.15) is 32.6 Å². The number of nitrogens with zero attached hydrogens (tertiary/aromatic N) is 2. The average Bonchev–Trinajstić information content (AvgIpc) is 2.63. The number of methoxy groups -OCH3 is 1. The van der Waals surface area contributed by atoms with E-state index in [4.69, 9.17) is 4.74 Å². The van der Waals surface area contributed by atoms with Crippen LogP contribution in [0.25, 0.3) is 0 Å². The van der Waals surface area contributed by atoms with Gasteiger partial charge in [-0.05, 0) is 69.0 Å².